The van der Waals surface area contributed by atoms with E-state index in [1.807, 2.05) is 13.0 Å². The van der Waals surface area contributed by atoms with Gasteiger partial charge < -0.3 is 19.6 Å². The fourth-order valence-corrected chi connectivity index (χ4v) is 2.91. The van der Waals surface area contributed by atoms with Crippen LogP contribution >= 0.6 is 11.6 Å². The molecule has 0 spiro atoms. The third-order valence-corrected chi connectivity index (χ3v) is 4.46. The first kappa shape index (κ1) is 20.2. The topological polar surface area (TPSA) is 106 Å². The number of carboxylic acids is 1. The molecule has 0 atom stereocenters. The van der Waals surface area contributed by atoms with Gasteiger partial charge in [-0.25, -0.2) is 4.79 Å². The molecule has 0 unspecified atom stereocenters. The van der Waals surface area contributed by atoms with E-state index in [-0.39, 0.29) is 33.0 Å². The number of rotatable bonds is 5. The lowest BCUT2D eigenvalue weighted by atomic mass is 10.1. The average Bonchev–Trinajstić information content (AvgIpc) is 2.69. The van der Waals surface area contributed by atoms with Gasteiger partial charge in [0.05, 0.1) is 28.8 Å². The molecule has 29 heavy (non-hydrogen) atoms. The lowest BCUT2D eigenvalue weighted by molar-refractivity contribution is -0.111. The Kier molecular flexibility index (Phi) is 5.70. The van der Waals surface area contributed by atoms with E-state index in [1.165, 1.54) is 31.6 Å². The minimum atomic E-state index is -1.21. The Morgan fingerprint density at radius 3 is 2.69 bits per heavy atom. The average molecular weight is 414 g/mol. The zero-order valence-electron chi connectivity index (χ0n) is 15.5. The van der Waals surface area contributed by atoms with Gasteiger partial charge in [0.15, 0.2) is 5.43 Å². The van der Waals surface area contributed by atoms with Gasteiger partial charge in [-0.15, -0.1) is 0 Å². The van der Waals surface area contributed by atoms with Crippen molar-refractivity contribution in [1.82, 2.24) is 0 Å². The second kappa shape index (κ2) is 8.20. The standard InChI is InChI=1S/C21H16ClNO6/c1-11-3-5-17-13(7-11)20(25)12(10-29-17)4-6-19(24)23-16-9-18(28-2)14(21(26)27)8-15(16)22/h3-10H,1-2H3,(H,23,24)(H,26,27)/b6-4+. The third-order valence-electron chi connectivity index (χ3n) is 4.15. The second-order valence-corrected chi connectivity index (χ2v) is 6.59. The van der Waals surface area contributed by atoms with Crippen LogP contribution in [0.25, 0.3) is 17.0 Å². The Morgan fingerprint density at radius 2 is 2.00 bits per heavy atom. The van der Waals surface area contributed by atoms with Crippen LogP contribution in [0.1, 0.15) is 21.5 Å². The van der Waals surface area contributed by atoms with E-state index in [2.05, 4.69) is 5.32 Å². The highest BCUT2D eigenvalue weighted by Crippen LogP contribution is 2.31. The van der Waals surface area contributed by atoms with Crippen molar-refractivity contribution in [3.8, 4) is 5.75 Å². The first-order valence-electron chi connectivity index (χ1n) is 8.42. The van der Waals surface area contributed by atoms with Gasteiger partial charge in [0, 0.05) is 12.1 Å². The maximum atomic E-state index is 12.6. The Balaban J connectivity index is 1.85. The van der Waals surface area contributed by atoms with Crippen LogP contribution < -0.4 is 15.5 Å². The number of amides is 1. The van der Waals surface area contributed by atoms with Crippen molar-refractivity contribution in [2.24, 2.45) is 0 Å². The van der Waals surface area contributed by atoms with Gasteiger partial charge in [-0.2, -0.15) is 0 Å². The molecule has 0 bridgehead atoms. The van der Waals surface area contributed by atoms with Crippen LogP contribution in [-0.4, -0.2) is 24.1 Å². The second-order valence-electron chi connectivity index (χ2n) is 6.18. The summed E-state index contributed by atoms with van der Waals surface area (Å²) in [7, 11) is 1.31. The molecule has 0 radical (unpaired) electrons. The van der Waals surface area contributed by atoms with Gasteiger partial charge in [0.2, 0.25) is 5.91 Å². The van der Waals surface area contributed by atoms with E-state index in [4.69, 9.17) is 25.9 Å². The molecule has 148 valence electrons. The number of fused-ring (bicyclic) bond motifs is 1. The van der Waals surface area contributed by atoms with E-state index >= 15 is 0 Å². The smallest absolute Gasteiger partial charge is 0.339 e. The molecule has 0 saturated carbocycles. The van der Waals surface area contributed by atoms with Gasteiger partial charge in [0.1, 0.15) is 23.2 Å². The summed E-state index contributed by atoms with van der Waals surface area (Å²) in [5.74, 6) is -1.73. The SMILES string of the molecule is COc1cc(NC(=O)/C=C/c2coc3ccc(C)cc3c2=O)c(Cl)cc1C(=O)O. The lowest BCUT2D eigenvalue weighted by Gasteiger charge is -2.10. The van der Waals surface area contributed by atoms with Crippen LogP contribution in [0, 0.1) is 6.92 Å². The number of hydrogen-bond donors (Lipinski definition) is 2. The summed E-state index contributed by atoms with van der Waals surface area (Å²) in [5.41, 5.74) is 1.36. The number of carboxylic acid groups (broad SMARTS) is 1. The molecule has 0 saturated heterocycles. The van der Waals surface area contributed by atoms with E-state index in [0.717, 1.165) is 11.6 Å². The molecule has 0 aliphatic carbocycles. The van der Waals surface area contributed by atoms with Gasteiger partial charge >= 0.3 is 5.97 Å². The maximum absolute atomic E-state index is 12.6. The highest BCUT2D eigenvalue weighted by atomic mass is 35.5. The number of methoxy groups -OCH3 is 1. The summed E-state index contributed by atoms with van der Waals surface area (Å²) in [4.78, 5) is 36.0. The highest BCUT2D eigenvalue weighted by Gasteiger charge is 2.16. The summed E-state index contributed by atoms with van der Waals surface area (Å²) in [6, 6.07) is 7.76. The zero-order valence-corrected chi connectivity index (χ0v) is 16.2. The first-order chi connectivity index (χ1) is 13.8. The quantitative estimate of drug-likeness (QED) is 0.609. The van der Waals surface area contributed by atoms with Crippen molar-refractivity contribution in [1.29, 1.82) is 0 Å². The number of benzene rings is 2. The number of aromatic carboxylic acids is 1. The number of carbonyl (C=O) groups is 2. The molecular weight excluding hydrogens is 398 g/mol. The largest absolute Gasteiger partial charge is 0.496 e. The molecule has 1 aromatic heterocycles. The molecule has 0 aliphatic rings. The predicted octanol–water partition coefficient (Wildman–Crippen LogP) is 4.11. The zero-order chi connectivity index (χ0) is 21.1. The molecule has 1 heterocycles. The Morgan fingerprint density at radius 1 is 1.24 bits per heavy atom. The molecule has 3 rings (SSSR count). The molecule has 8 heteroatoms. The van der Waals surface area contributed by atoms with E-state index in [9.17, 15) is 14.4 Å². The minimum Gasteiger partial charge on any atom is -0.496 e. The van der Waals surface area contributed by atoms with Crippen LogP contribution in [0.5, 0.6) is 5.75 Å². The Bertz CT molecular complexity index is 1210. The molecule has 0 aliphatic heterocycles. The van der Waals surface area contributed by atoms with E-state index in [0.29, 0.717) is 11.0 Å². The first-order valence-corrected chi connectivity index (χ1v) is 8.80. The van der Waals surface area contributed by atoms with E-state index < -0.39 is 11.9 Å². The number of halogens is 1. The van der Waals surface area contributed by atoms with Crippen LogP contribution in [0.15, 0.2) is 51.9 Å². The number of aryl methyl sites for hydroxylation is 1. The van der Waals surface area contributed by atoms with Crippen LogP contribution in [0.3, 0.4) is 0 Å². The van der Waals surface area contributed by atoms with Crippen molar-refractivity contribution >= 4 is 46.2 Å². The predicted molar refractivity (Wildman–Crippen MR) is 110 cm³/mol. The summed E-state index contributed by atoms with van der Waals surface area (Å²) in [5, 5.41) is 12.1. The molecule has 1 amide bonds. The number of hydrogen-bond acceptors (Lipinski definition) is 5. The van der Waals surface area contributed by atoms with Gasteiger partial charge in [0.25, 0.3) is 0 Å². The highest BCUT2D eigenvalue weighted by molar-refractivity contribution is 6.34. The number of anilines is 1. The van der Waals surface area contributed by atoms with Crippen molar-refractivity contribution in [3.63, 3.8) is 0 Å². The van der Waals surface area contributed by atoms with Crippen molar-refractivity contribution < 1.29 is 23.8 Å². The number of carbonyl (C=O) groups excluding carboxylic acids is 1. The van der Waals surface area contributed by atoms with E-state index in [1.54, 1.807) is 12.1 Å². The third kappa shape index (κ3) is 4.30. The van der Waals surface area contributed by atoms with Crippen LogP contribution in [0.2, 0.25) is 5.02 Å². The molecule has 0 fully saturated rings. The Hall–Kier alpha value is -3.58. The molecule has 2 N–H and O–H groups in total. The summed E-state index contributed by atoms with van der Waals surface area (Å²) in [6.07, 6.45) is 3.77. The Labute approximate surface area is 170 Å². The molecule has 2 aromatic carbocycles. The van der Waals surface area contributed by atoms with Crippen LogP contribution in [-0.2, 0) is 4.79 Å². The monoisotopic (exact) mass is 413 g/mol. The van der Waals surface area contributed by atoms with Gasteiger partial charge in [-0.05, 0) is 31.2 Å². The minimum absolute atomic E-state index is 0.0330. The van der Waals surface area contributed by atoms with Gasteiger partial charge in [-0.1, -0.05) is 23.2 Å². The molecular formula is C21H16ClNO6. The number of nitrogens with one attached hydrogen (secondary N) is 1. The summed E-state index contributed by atoms with van der Waals surface area (Å²) >= 11 is 6.05. The maximum Gasteiger partial charge on any atom is 0.339 e. The lowest BCUT2D eigenvalue weighted by Crippen LogP contribution is -2.11. The fourth-order valence-electron chi connectivity index (χ4n) is 2.70. The summed E-state index contributed by atoms with van der Waals surface area (Å²) < 4.78 is 10.5. The van der Waals surface area contributed by atoms with Crippen LogP contribution in [0.4, 0.5) is 5.69 Å². The van der Waals surface area contributed by atoms with Gasteiger partial charge in [-0.3, -0.25) is 9.59 Å². The molecule has 7 nitrogen and oxygen atoms in total. The summed E-state index contributed by atoms with van der Waals surface area (Å²) in [6.45, 7) is 1.86. The van der Waals surface area contributed by atoms with Crippen molar-refractivity contribution in [3.05, 3.63) is 74.6 Å². The van der Waals surface area contributed by atoms with Crippen molar-refractivity contribution in [2.75, 3.05) is 12.4 Å². The van der Waals surface area contributed by atoms with Crippen molar-refractivity contribution in [2.45, 2.75) is 6.92 Å². The number of ether oxygens (including phenoxy) is 1. The molecule has 3 aromatic rings. The normalized spacial score (nSPS) is 11.0. The fraction of sp³-hybridized carbons (Fsp3) is 0.0952.